The van der Waals surface area contributed by atoms with Gasteiger partial charge in [0, 0.05) is 42.7 Å². The molecule has 6 nitrogen and oxygen atoms in total. The van der Waals surface area contributed by atoms with Crippen molar-refractivity contribution >= 4 is 16.7 Å². The molecule has 1 fully saturated rings. The molecular formula is C19H19N5O. The third kappa shape index (κ3) is 2.72. The highest BCUT2D eigenvalue weighted by Crippen LogP contribution is 2.31. The van der Waals surface area contributed by atoms with Crippen molar-refractivity contribution in [3.63, 3.8) is 0 Å². The predicted molar refractivity (Wildman–Crippen MR) is 93.9 cm³/mol. The van der Waals surface area contributed by atoms with E-state index < -0.39 is 0 Å². The van der Waals surface area contributed by atoms with Crippen molar-refractivity contribution in [1.82, 2.24) is 24.8 Å². The highest BCUT2D eigenvalue weighted by molar-refractivity contribution is 5.86. The second-order valence-corrected chi connectivity index (χ2v) is 6.87. The van der Waals surface area contributed by atoms with Crippen LogP contribution in [0.2, 0.25) is 0 Å². The molecule has 0 spiro atoms. The molecule has 3 aromatic heterocycles. The third-order valence-corrected chi connectivity index (χ3v) is 5.01. The number of nitrogens with one attached hydrogen (secondary N) is 1. The summed E-state index contributed by atoms with van der Waals surface area (Å²) in [6.07, 6.45) is 6.21. The topological polar surface area (TPSA) is 72.7 Å². The van der Waals surface area contributed by atoms with Crippen LogP contribution in [0.25, 0.3) is 22.3 Å². The molecule has 2 aliphatic rings. The molecule has 5 rings (SSSR count). The summed E-state index contributed by atoms with van der Waals surface area (Å²) >= 11 is 0. The van der Waals surface area contributed by atoms with Crippen LogP contribution < -0.4 is 5.32 Å². The van der Waals surface area contributed by atoms with E-state index in [1.807, 2.05) is 30.6 Å². The van der Waals surface area contributed by atoms with Gasteiger partial charge in [0.25, 0.3) is 0 Å². The van der Waals surface area contributed by atoms with E-state index in [1.54, 1.807) is 0 Å². The second kappa shape index (κ2) is 5.74. The van der Waals surface area contributed by atoms with E-state index >= 15 is 0 Å². The fourth-order valence-corrected chi connectivity index (χ4v) is 3.43. The lowest BCUT2D eigenvalue weighted by atomic mass is 10.1. The van der Waals surface area contributed by atoms with Crippen LogP contribution in [0.4, 0.5) is 0 Å². The Morgan fingerprint density at radius 3 is 3.04 bits per heavy atom. The number of fused-ring (bicyclic) bond motifs is 2. The van der Waals surface area contributed by atoms with Crippen LogP contribution >= 0.6 is 0 Å². The number of pyridine rings is 2. The zero-order valence-electron chi connectivity index (χ0n) is 13.9. The molecule has 1 aliphatic carbocycles. The van der Waals surface area contributed by atoms with Gasteiger partial charge in [-0.2, -0.15) is 0 Å². The molecule has 126 valence electrons. The molecule has 25 heavy (non-hydrogen) atoms. The zero-order chi connectivity index (χ0) is 16.8. The first kappa shape index (κ1) is 14.7. The van der Waals surface area contributed by atoms with Crippen molar-refractivity contribution < 1.29 is 4.79 Å². The molecule has 4 heterocycles. The SMILES string of the molecule is O=C(Cc1cc2nc(-c3cnc4n3CCNC4)ccc2cn1)C1CC1. The lowest BCUT2D eigenvalue weighted by Gasteiger charge is -2.17. The fourth-order valence-electron chi connectivity index (χ4n) is 3.43. The van der Waals surface area contributed by atoms with Crippen molar-refractivity contribution in [2.24, 2.45) is 5.92 Å². The van der Waals surface area contributed by atoms with E-state index in [0.717, 1.165) is 66.3 Å². The van der Waals surface area contributed by atoms with E-state index in [1.165, 1.54) is 0 Å². The molecule has 1 N–H and O–H groups in total. The van der Waals surface area contributed by atoms with Gasteiger partial charge in [0.2, 0.25) is 0 Å². The maximum atomic E-state index is 12.0. The van der Waals surface area contributed by atoms with Crippen molar-refractivity contribution in [2.45, 2.75) is 32.4 Å². The second-order valence-electron chi connectivity index (χ2n) is 6.87. The van der Waals surface area contributed by atoms with Crippen LogP contribution in [0, 0.1) is 5.92 Å². The highest BCUT2D eigenvalue weighted by Gasteiger charge is 2.29. The lowest BCUT2D eigenvalue weighted by Crippen LogP contribution is -2.28. The number of rotatable bonds is 4. The van der Waals surface area contributed by atoms with E-state index in [4.69, 9.17) is 4.98 Å². The maximum Gasteiger partial charge on any atom is 0.141 e. The van der Waals surface area contributed by atoms with Crippen molar-refractivity contribution in [2.75, 3.05) is 6.54 Å². The summed E-state index contributed by atoms with van der Waals surface area (Å²) in [4.78, 5) is 25.8. The number of Topliss-reactive ketones (excluding diaryl/α,β-unsaturated/α-hetero) is 1. The minimum absolute atomic E-state index is 0.267. The smallest absolute Gasteiger partial charge is 0.141 e. The Morgan fingerprint density at radius 2 is 2.16 bits per heavy atom. The number of hydrogen-bond donors (Lipinski definition) is 1. The quantitative estimate of drug-likeness (QED) is 0.792. The first-order chi connectivity index (χ1) is 12.3. The Labute approximate surface area is 145 Å². The van der Waals surface area contributed by atoms with Crippen LogP contribution in [0.3, 0.4) is 0 Å². The van der Waals surface area contributed by atoms with Gasteiger partial charge >= 0.3 is 0 Å². The standard InChI is InChI=1S/C19H19N5O/c25-18(12-1-2-12)8-14-7-16-13(9-21-14)3-4-15(23-16)17-10-22-19-11-20-5-6-24(17)19/h3-4,7,9-10,12,20H,1-2,5-6,8,11H2. The lowest BCUT2D eigenvalue weighted by molar-refractivity contribution is -0.119. The molecule has 0 saturated heterocycles. The third-order valence-electron chi connectivity index (χ3n) is 5.01. The van der Waals surface area contributed by atoms with Crippen LogP contribution in [0.5, 0.6) is 0 Å². The number of nitrogens with zero attached hydrogens (tertiary/aromatic N) is 4. The Morgan fingerprint density at radius 1 is 1.24 bits per heavy atom. The van der Waals surface area contributed by atoms with Crippen molar-refractivity contribution in [3.8, 4) is 11.4 Å². The van der Waals surface area contributed by atoms with Gasteiger partial charge in [-0.3, -0.25) is 9.78 Å². The average Bonchev–Trinajstić information content (AvgIpc) is 3.41. The molecule has 0 amide bonds. The highest BCUT2D eigenvalue weighted by atomic mass is 16.1. The molecule has 1 saturated carbocycles. The van der Waals surface area contributed by atoms with Gasteiger partial charge in [-0.15, -0.1) is 0 Å². The molecular weight excluding hydrogens is 314 g/mol. The monoisotopic (exact) mass is 333 g/mol. The molecule has 0 atom stereocenters. The van der Waals surface area contributed by atoms with Crippen LogP contribution in [-0.2, 0) is 24.3 Å². The number of ketones is 1. The Kier molecular flexibility index (Phi) is 3.38. The summed E-state index contributed by atoms with van der Waals surface area (Å²) in [5.41, 5.74) is 3.66. The van der Waals surface area contributed by atoms with E-state index in [-0.39, 0.29) is 5.92 Å². The van der Waals surface area contributed by atoms with Gasteiger partial charge in [0.05, 0.1) is 29.6 Å². The minimum atomic E-state index is 0.267. The van der Waals surface area contributed by atoms with E-state index in [2.05, 4.69) is 19.9 Å². The summed E-state index contributed by atoms with van der Waals surface area (Å²) < 4.78 is 2.23. The molecule has 3 aromatic rings. The Hall–Kier alpha value is -2.60. The first-order valence-electron chi connectivity index (χ1n) is 8.82. The van der Waals surface area contributed by atoms with E-state index in [0.29, 0.717) is 12.2 Å². The van der Waals surface area contributed by atoms with Gasteiger partial charge in [0.1, 0.15) is 11.6 Å². The predicted octanol–water partition coefficient (Wildman–Crippen LogP) is 2.12. The summed E-state index contributed by atoms with van der Waals surface area (Å²) in [6.45, 7) is 2.65. The summed E-state index contributed by atoms with van der Waals surface area (Å²) in [6, 6.07) is 6.01. The number of imidazole rings is 1. The molecule has 0 unspecified atom stereocenters. The molecule has 6 heteroatoms. The molecule has 0 bridgehead atoms. The summed E-state index contributed by atoms with van der Waals surface area (Å²) in [7, 11) is 0. The zero-order valence-corrected chi connectivity index (χ0v) is 13.9. The number of carbonyl (C=O) groups excluding carboxylic acids is 1. The molecule has 1 aliphatic heterocycles. The normalized spacial score (nSPS) is 16.8. The largest absolute Gasteiger partial charge is 0.324 e. The summed E-state index contributed by atoms with van der Waals surface area (Å²) in [5.74, 6) is 1.62. The molecule has 0 radical (unpaired) electrons. The van der Waals surface area contributed by atoms with Gasteiger partial charge in [-0.05, 0) is 31.0 Å². The Balaban J connectivity index is 1.51. The van der Waals surface area contributed by atoms with E-state index in [9.17, 15) is 4.79 Å². The van der Waals surface area contributed by atoms with Gasteiger partial charge < -0.3 is 9.88 Å². The van der Waals surface area contributed by atoms with Crippen molar-refractivity contribution in [1.29, 1.82) is 0 Å². The van der Waals surface area contributed by atoms with Gasteiger partial charge in [-0.1, -0.05) is 0 Å². The Bertz CT molecular complexity index is 973. The van der Waals surface area contributed by atoms with Crippen LogP contribution in [0.15, 0.2) is 30.6 Å². The first-order valence-corrected chi connectivity index (χ1v) is 8.82. The molecule has 0 aromatic carbocycles. The van der Waals surface area contributed by atoms with Crippen LogP contribution in [-0.4, -0.2) is 31.8 Å². The fraction of sp³-hybridized carbons (Fsp3) is 0.368. The number of aromatic nitrogens is 4. The maximum absolute atomic E-state index is 12.0. The minimum Gasteiger partial charge on any atom is -0.324 e. The number of carbonyl (C=O) groups is 1. The van der Waals surface area contributed by atoms with Gasteiger partial charge in [-0.25, -0.2) is 9.97 Å². The number of hydrogen-bond acceptors (Lipinski definition) is 5. The van der Waals surface area contributed by atoms with Crippen LogP contribution in [0.1, 0.15) is 24.4 Å². The van der Waals surface area contributed by atoms with Crippen molar-refractivity contribution in [3.05, 3.63) is 42.1 Å². The van der Waals surface area contributed by atoms with Gasteiger partial charge in [0.15, 0.2) is 0 Å². The summed E-state index contributed by atoms with van der Waals surface area (Å²) in [5, 5.41) is 4.32. The average molecular weight is 333 g/mol.